The molecule has 0 saturated heterocycles. The van der Waals surface area contributed by atoms with Gasteiger partial charge in [-0.1, -0.05) is 475 Å². The fourth-order valence-corrected chi connectivity index (χ4v) is 23.2. The van der Waals surface area contributed by atoms with E-state index in [1.54, 1.807) is 0 Å². The van der Waals surface area contributed by atoms with Crippen LogP contribution in [0.1, 0.15) is 69.5 Å². The molecule has 0 radical (unpaired) electrons. The maximum atomic E-state index is 5.58. The molecule has 0 unspecified atom stereocenters. The van der Waals surface area contributed by atoms with Gasteiger partial charge in [-0.2, -0.15) is 0 Å². The molecule has 0 spiro atoms. The largest absolute Gasteiger partial charge is 0.244 e. The molecule has 28 rings (SSSR count). The Morgan fingerprint density at radius 2 is 0.524 bits per heavy atom. The van der Waals surface area contributed by atoms with Crippen molar-refractivity contribution in [3.63, 3.8) is 0 Å². The lowest BCUT2D eigenvalue weighted by Crippen LogP contribution is -2.28. The standard InChI is InChI=1S/2C49H32N2.C39H28N2/c1-5-18-33(19-6-1)46-47(34-20-7-2-8-21-34)51-48-40(29-17-31-43(48)50-46)44-38-27-14-13-22-35(38)32-42-45(44)39-28-15-16-30-41(39)49(42,36-23-9-3-10-24-36)37-25-11-4-12-26-37;1-5-17-33(18-6-1)47-41-31-36(29-30-44(41)50-48(51-47)34-19-7-2-8-20-34)45-39-26-14-13-21-35(39)32-43-46(45)40-27-15-16-28-42(40)49(43,37-22-9-3-10-23-37)38-24-11-4-12-25-38;1-39(2)33-13-7-6-12-31(33)32-23-28-20-21-29(22-30(28)24-34(32)39)38-37(40-35-14-8-9-15-36(35)41-38)27-18-16-26(17-19-27)25-10-4-3-5-11-25/h2*1-32H;3-24H,1-2H3. The number of rotatable bonds is 13. The second-order valence-corrected chi connectivity index (χ2v) is 38.0. The highest BCUT2D eigenvalue weighted by molar-refractivity contribution is 6.15. The smallest absolute Gasteiger partial charge is 0.160 e. The quantitative estimate of drug-likeness (QED) is 0.114. The van der Waals surface area contributed by atoms with E-state index in [2.05, 4.69) is 475 Å². The van der Waals surface area contributed by atoms with Gasteiger partial charge in [0, 0.05) is 49.7 Å². The highest BCUT2D eigenvalue weighted by atomic mass is 14.9. The Morgan fingerprint density at radius 3 is 1.06 bits per heavy atom. The fourth-order valence-electron chi connectivity index (χ4n) is 23.2. The molecule has 143 heavy (non-hydrogen) atoms. The highest BCUT2D eigenvalue weighted by Gasteiger charge is 2.50. The van der Waals surface area contributed by atoms with Crippen molar-refractivity contribution in [1.82, 2.24) is 29.9 Å². The molecule has 0 N–H and O–H groups in total. The van der Waals surface area contributed by atoms with Crippen molar-refractivity contribution in [2.24, 2.45) is 0 Å². The Labute approximate surface area is 831 Å². The third-order valence-electron chi connectivity index (χ3n) is 29.7. The summed E-state index contributed by atoms with van der Waals surface area (Å²) in [5.74, 6) is 0.727. The molecule has 3 aliphatic carbocycles. The molecule has 3 aliphatic rings. The molecule has 0 aliphatic heterocycles. The number of fused-ring (bicyclic) bond motifs is 15. The van der Waals surface area contributed by atoms with Crippen LogP contribution < -0.4 is 0 Å². The lowest BCUT2D eigenvalue weighted by atomic mass is 9.67. The van der Waals surface area contributed by atoms with E-state index >= 15 is 0 Å². The van der Waals surface area contributed by atoms with Gasteiger partial charge >= 0.3 is 0 Å². The van der Waals surface area contributed by atoms with Crippen molar-refractivity contribution in [2.45, 2.75) is 30.1 Å². The van der Waals surface area contributed by atoms with Crippen LogP contribution in [0, 0.1) is 0 Å². The molecule has 0 atom stereocenters. The fraction of sp³-hybridized carbons (Fsp3) is 0.0365. The van der Waals surface area contributed by atoms with Crippen LogP contribution in [0.15, 0.2) is 522 Å². The number of hydrogen-bond acceptors (Lipinski definition) is 6. The highest BCUT2D eigenvalue weighted by Crippen LogP contribution is 2.63. The predicted molar refractivity (Wildman–Crippen MR) is 592 cm³/mol. The molecule has 0 bridgehead atoms. The van der Waals surface area contributed by atoms with Crippen LogP contribution in [0.2, 0.25) is 0 Å². The maximum Gasteiger partial charge on any atom is 0.160 e. The molecule has 0 amide bonds. The second-order valence-electron chi connectivity index (χ2n) is 38.0. The van der Waals surface area contributed by atoms with E-state index in [1.807, 2.05) is 60.7 Å². The zero-order chi connectivity index (χ0) is 95.1. The molecule has 25 aromatic rings. The summed E-state index contributed by atoms with van der Waals surface area (Å²) in [5.41, 5.74) is 42.0. The summed E-state index contributed by atoms with van der Waals surface area (Å²) < 4.78 is 0. The summed E-state index contributed by atoms with van der Waals surface area (Å²) in [7, 11) is 0. The minimum atomic E-state index is -0.515. The van der Waals surface area contributed by atoms with Crippen molar-refractivity contribution in [3.8, 4) is 134 Å². The van der Waals surface area contributed by atoms with E-state index in [9.17, 15) is 0 Å². The molecule has 6 heteroatoms. The van der Waals surface area contributed by atoms with Crippen LogP contribution in [-0.4, -0.2) is 29.9 Å². The summed E-state index contributed by atoms with van der Waals surface area (Å²) in [6, 6.07) is 187. The number of nitrogens with zero attached hydrogens (tertiary/aromatic N) is 6. The molecular weight excluding hydrogens is 1730 g/mol. The van der Waals surface area contributed by atoms with Gasteiger partial charge < -0.3 is 0 Å². The molecule has 22 aromatic carbocycles. The maximum absolute atomic E-state index is 5.58. The van der Waals surface area contributed by atoms with Crippen LogP contribution in [0.25, 0.3) is 200 Å². The molecule has 0 saturated carbocycles. The van der Waals surface area contributed by atoms with E-state index in [1.165, 1.54) is 144 Å². The third-order valence-corrected chi connectivity index (χ3v) is 29.7. The number of benzene rings is 22. The summed E-state index contributed by atoms with van der Waals surface area (Å²) in [4.78, 5) is 31.7. The first-order valence-corrected chi connectivity index (χ1v) is 49.2. The normalized spacial score (nSPS) is 13.0. The summed E-state index contributed by atoms with van der Waals surface area (Å²) in [6.45, 7) is 4.67. The third kappa shape index (κ3) is 14.3. The Bertz CT molecular complexity index is 9170. The van der Waals surface area contributed by atoms with Gasteiger partial charge in [0.1, 0.15) is 0 Å². The first kappa shape index (κ1) is 85.1. The topological polar surface area (TPSA) is 77.3 Å². The van der Waals surface area contributed by atoms with Gasteiger partial charge in [-0.05, 0) is 210 Å². The molecule has 6 nitrogen and oxygen atoms in total. The molecule has 670 valence electrons. The number of hydrogen-bond donors (Lipinski definition) is 0. The molecule has 0 fully saturated rings. The summed E-state index contributed by atoms with van der Waals surface area (Å²) in [6.07, 6.45) is 0. The van der Waals surface area contributed by atoms with Crippen LogP contribution in [0.5, 0.6) is 0 Å². The van der Waals surface area contributed by atoms with Crippen molar-refractivity contribution in [3.05, 3.63) is 577 Å². The molecular formula is C137H92N6. The van der Waals surface area contributed by atoms with Gasteiger partial charge in [-0.3, -0.25) is 0 Å². The van der Waals surface area contributed by atoms with E-state index in [0.29, 0.717) is 0 Å². The van der Waals surface area contributed by atoms with E-state index in [-0.39, 0.29) is 5.41 Å². The number of aromatic nitrogens is 6. The zero-order valence-corrected chi connectivity index (χ0v) is 78.8. The lowest BCUT2D eigenvalue weighted by Gasteiger charge is -2.34. The minimum Gasteiger partial charge on any atom is -0.244 e. The minimum absolute atomic E-state index is 0.0372. The Balaban J connectivity index is 0.000000110. The number of para-hydroxylation sites is 3. The molecule has 3 aromatic heterocycles. The average Bonchev–Trinajstić information content (AvgIpc) is 1.42. The van der Waals surface area contributed by atoms with Gasteiger partial charge in [0.15, 0.2) is 5.82 Å². The summed E-state index contributed by atoms with van der Waals surface area (Å²) in [5, 5.41) is 8.34. The zero-order valence-electron chi connectivity index (χ0n) is 78.8. The monoisotopic (exact) mass is 1820 g/mol. The first-order valence-electron chi connectivity index (χ1n) is 49.2. The van der Waals surface area contributed by atoms with Crippen molar-refractivity contribution in [2.75, 3.05) is 0 Å². The van der Waals surface area contributed by atoms with Crippen molar-refractivity contribution >= 4 is 65.3 Å². The Kier molecular flexibility index (Phi) is 21.0. The summed E-state index contributed by atoms with van der Waals surface area (Å²) >= 11 is 0. The predicted octanol–water partition coefficient (Wildman–Crippen LogP) is 34.4. The van der Waals surface area contributed by atoms with Crippen LogP contribution in [0.3, 0.4) is 0 Å². The van der Waals surface area contributed by atoms with Crippen LogP contribution in [0.4, 0.5) is 0 Å². The van der Waals surface area contributed by atoms with Gasteiger partial charge in [0.2, 0.25) is 0 Å². The van der Waals surface area contributed by atoms with Crippen molar-refractivity contribution < 1.29 is 0 Å². The first-order chi connectivity index (χ1) is 70.7. The van der Waals surface area contributed by atoms with Gasteiger partial charge in [-0.25, -0.2) is 29.9 Å². The average molecular weight is 1820 g/mol. The van der Waals surface area contributed by atoms with Crippen molar-refractivity contribution in [1.29, 1.82) is 0 Å². The van der Waals surface area contributed by atoms with E-state index < -0.39 is 10.8 Å². The van der Waals surface area contributed by atoms with Crippen LogP contribution in [-0.2, 0) is 16.2 Å². The molecule has 3 heterocycles. The Morgan fingerprint density at radius 1 is 0.161 bits per heavy atom. The Hall–Kier alpha value is -18.4. The SMILES string of the molecule is CC1(C)c2ccccc2-c2cc3ccc(-c4nc5ccccc5nc4-c4ccc(-c5ccccc5)cc4)cc3cc21.c1ccc(-c2nc(-c3ccccc3)c3cc(-c4c5c(cc6ccccc46)C(c4ccccc4)(c4ccccc4)c4ccccc4-5)ccc3n2)cc1.c1ccc(-c2nc3cccc(-c4c5c(cc6ccccc46)C(c4ccccc4)(c4ccccc4)c4ccccc4-5)c3nc2-c2ccccc2)cc1. The van der Waals surface area contributed by atoms with Gasteiger partial charge in [0.25, 0.3) is 0 Å². The van der Waals surface area contributed by atoms with E-state index in [0.717, 1.165) is 112 Å². The van der Waals surface area contributed by atoms with Crippen LogP contribution >= 0.6 is 0 Å². The lowest BCUT2D eigenvalue weighted by molar-refractivity contribution is 0.661. The second kappa shape index (κ2) is 35.3. The van der Waals surface area contributed by atoms with Gasteiger partial charge in [0.05, 0.1) is 66.9 Å². The van der Waals surface area contributed by atoms with E-state index in [4.69, 9.17) is 29.9 Å². The van der Waals surface area contributed by atoms with Gasteiger partial charge in [-0.15, -0.1) is 0 Å².